The van der Waals surface area contributed by atoms with Gasteiger partial charge in [0.05, 0.1) is 22.1 Å². The van der Waals surface area contributed by atoms with Gasteiger partial charge in [0.25, 0.3) is 0 Å². The highest BCUT2D eigenvalue weighted by atomic mass is 31.2. The first-order chi connectivity index (χ1) is 22.7. The normalized spacial score (nSPS) is 12.0. The van der Waals surface area contributed by atoms with Gasteiger partial charge < -0.3 is 13.7 Å². The van der Waals surface area contributed by atoms with Crippen LogP contribution in [0.5, 0.6) is 0 Å². The van der Waals surface area contributed by atoms with E-state index in [9.17, 15) is 0 Å². The van der Waals surface area contributed by atoms with Crippen LogP contribution in [0.1, 0.15) is 0 Å². The maximum Gasteiger partial charge on any atom is 0.171 e. The van der Waals surface area contributed by atoms with Crippen LogP contribution < -0.4 is 15.9 Å². The fraction of sp³-hybridized carbons (Fsp3) is 0. The fourth-order valence-electron chi connectivity index (χ4n) is 7.15. The Morgan fingerprint density at radius 3 is 1.17 bits per heavy atom. The van der Waals surface area contributed by atoms with Crippen molar-refractivity contribution in [3.63, 3.8) is 0 Å². The van der Waals surface area contributed by atoms with E-state index in [1.165, 1.54) is 32.6 Å². The van der Waals surface area contributed by atoms with Crippen molar-refractivity contribution < 1.29 is 4.57 Å². The topological polar surface area (TPSA) is 26.9 Å². The molecule has 0 saturated heterocycles. The summed E-state index contributed by atoms with van der Waals surface area (Å²) in [5.74, 6) is 0. The maximum atomic E-state index is 15.1. The van der Waals surface area contributed by atoms with Crippen molar-refractivity contribution in [1.29, 1.82) is 0 Å². The molecule has 9 aromatic rings. The summed E-state index contributed by atoms with van der Waals surface area (Å²) < 4.78 is 19.9. The Hall–Kier alpha value is -5.63. The molecule has 0 fully saturated rings. The fourth-order valence-corrected chi connectivity index (χ4v) is 9.80. The molecule has 0 bridgehead atoms. The lowest BCUT2D eigenvalue weighted by atomic mass is 10.1. The third-order valence-corrected chi connectivity index (χ3v) is 12.3. The average Bonchev–Trinajstić information content (AvgIpc) is 3.66. The number of hydrogen-bond acceptors (Lipinski definition) is 1. The van der Waals surface area contributed by atoms with E-state index in [4.69, 9.17) is 0 Å². The summed E-state index contributed by atoms with van der Waals surface area (Å²) in [6.07, 6.45) is 0. The lowest BCUT2D eigenvalue weighted by Gasteiger charge is -2.20. The summed E-state index contributed by atoms with van der Waals surface area (Å²) in [5, 5.41) is 7.32. The molecule has 218 valence electrons. The third-order valence-electron chi connectivity index (χ3n) is 9.19. The number of rotatable bonds is 5. The first-order valence-corrected chi connectivity index (χ1v) is 17.3. The molecule has 0 saturated carbocycles. The highest BCUT2D eigenvalue weighted by Crippen LogP contribution is 2.44. The van der Waals surface area contributed by atoms with Crippen molar-refractivity contribution >= 4 is 66.7 Å². The SMILES string of the molecule is O=P(c1ccccc1)(c1ccccc1)c1ccc(-n2c3ccccc3c3ccc4c5ccccc5n(-c5ccccc5)c4c32)cc1. The van der Waals surface area contributed by atoms with Gasteiger partial charge in [0.2, 0.25) is 0 Å². The largest absolute Gasteiger partial charge is 0.309 e. The van der Waals surface area contributed by atoms with E-state index in [1.54, 1.807) is 0 Å². The Morgan fingerprint density at radius 2 is 0.696 bits per heavy atom. The molecule has 2 heterocycles. The van der Waals surface area contributed by atoms with Gasteiger partial charge >= 0.3 is 0 Å². The second-order valence-electron chi connectivity index (χ2n) is 11.7. The van der Waals surface area contributed by atoms with Crippen molar-refractivity contribution in [2.45, 2.75) is 0 Å². The van der Waals surface area contributed by atoms with Gasteiger partial charge in [-0.25, -0.2) is 0 Å². The van der Waals surface area contributed by atoms with E-state index >= 15 is 4.57 Å². The molecule has 7 aromatic carbocycles. The maximum absolute atomic E-state index is 15.1. The van der Waals surface area contributed by atoms with E-state index in [2.05, 4.69) is 124 Å². The molecule has 3 nitrogen and oxygen atoms in total. The van der Waals surface area contributed by atoms with Crippen LogP contribution in [0.2, 0.25) is 0 Å². The summed E-state index contributed by atoms with van der Waals surface area (Å²) in [6, 6.07) is 60.6. The molecular formula is C42H29N2OP. The molecule has 9 rings (SSSR count). The van der Waals surface area contributed by atoms with Crippen molar-refractivity contribution in [1.82, 2.24) is 9.13 Å². The van der Waals surface area contributed by atoms with Crippen molar-refractivity contribution in [2.75, 3.05) is 0 Å². The molecule has 0 N–H and O–H groups in total. The lowest BCUT2D eigenvalue weighted by molar-refractivity contribution is 0.592. The number of hydrogen-bond donors (Lipinski definition) is 0. The predicted molar refractivity (Wildman–Crippen MR) is 195 cm³/mol. The molecular weight excluding hydrogens is 579 g/mol. The number of para-hydroxylation sites is 3. The lowest BCUT2D eigenvalue weighted by Crippen LogP contribution is -2.24. The highest BCUT2D eigenvalue weighted by Gasteiger charge is 2.30. The minimum Gasteiger partial charge on any atom is -0.309 e. The summed E-state index contributed by atoms with van der Waals surface area (Å²) >= 11 is 0. The standard InChI is InChI=1S/C42H29N2OP/c45-46(32-16-6-2-7-17-32,33-18-8-3-9-19-33)34-26-24-31(25-27-34)44-40-23-13-11-21-36(40)38-29-28-37-35-20-10-12-22-39(35)43(41(37)42(38)44)30-14-4-1-5-15-30/h1-29H. The Balaban J connectivity index is 1.35. The van der Waals surface area contributed by atoms with Gasteiger partial charge in [-0.05, 0) is 48.5 Å². The Bertz CT molecular complexity index is 2540. The van der Waals surface area contributed by atoms with Crippen LogP contribution in [-0.4, -0.2) is 9.13 Å². The summed E-state index contributed by atoms with van der Waals surface area (Å²) in [5.41, 5.74) is 6.79. The van der Waals surface area contributed by atoms with Crippen LogP contribution in [0.15, 0.2) is 176 Å². The van der Waals surface area contributed by atoms with Crippen molar-refractivity contribution in [3.05, 3.63) is 176 Å². The second-order valence-corrected chi connectivity index (χ2v) is 14.5. The Morgan fingerprint density at radius 1 is 0.326 bits per heavy atom. The summed E-state index contributed by atoms with van der Waals surface area (Å²) in [4.78, 5) is 0. The van der Waals surface area contributed by atoms with Crippen LogP contribution in [-0.2, 0) is 4.57 Å². The highest BCUT2D eigenvalue weighted by molar-refractivity contribution is 7.85. The summed E-state index contributed by atoms with van der Waals surface area (Å²) in [6.45, 7) is 0. The molecule has 0 radical (unpaired) electrons. The summed E-state index contributed by atoms with van der Waals surface area (Å²) in [7, 11) is -3.09. The third kappa shape index (κ3) is 3.89. The number of nitrogens with zero attached hydrogens (tertiary/aromatic N) is 2. The van der Waals surface area contributed by atoms with Gasteiger partial charge in [-0.3, -0.25) is 0 Å². The van der Waals surface area contributed by atoms with Crippen molar-refractivity contribution in [2.24, 2.45) is 0 Å². The van der Waals surface area contributed by atoms with E-state index in [0.29, 0.717) is 0 Å². The zero-order valence-corrected chi connectivity index (χ0v) is 25.9. The monoisotopic (exact) mass is 608 g/mol. The molecule has 4 heteroatoms. The smallest absolute Gasteiger partial charge is 0.171 e. The van der Waals surface area contributed by atoms with Crippen LogP contribution in [0.25, 0.3) is 55.0 Å². The van der Waals surface area contributed by atoms with Crippen LogP contribution in [0.4, 0.5) is 0 Å². The predicted octanol–water partition coefficient (Wildman–Crippen LogP) is 9.52. The van der Waals surface area contributed by atoms with Gasteiger partial charge in [0.15, 0.2) is 7.14 Å². The molecule has 46 heavy (non-hydrogen) atoms. The first-order valence-electron chi connectivity index (χ1n) is 15.6. The van der Waals surface area contributed by atoms with Crippen LogP contribution >= 0.6 is 7.14 Å². The molecule has 0 aliphatic rings. The van der Waals surface area contributed by atoms with E-state index in [1.807, 2.05) is 60.7 Å². The van der Waals surface area contributed by atoms with Gasteiger partial charge in [-0.2, -0.15) is 0 Å². The number of aromatic nitrogens is 2. The Kier molecular flexibility index (Phi) is 6.09. The van der Waals surface area contributed by atoms with Gasteiger partial charge in [0, 0.05) is 48.8 Å². The minimum atomic E-state index is -3.09. The molecule has 0 spiro atoms. The number of fused-ring (bicyclic) bond motifs is 7. The van der Waals surface area contributed by atoms with E-state index in [-0.39, 0.29) is 0 Å². The Labute approximate surface area is 267 Å². The first kappa shape index (κ1) is 26.7. The quantitative estimate of drug-likeness (QED) is 0.179. The molecule has 0 aliphatic carbocycles. The minimum absolute atomic E-state index is 0.818. The zero-order valence-electron chi connectivity index (χ0n) is 25.0. The van der Waals surface area contributed by atoms with Crippen LogP contribution in [0, 0.1) is 0 Å². The molecule has 2 aromatic heterocycles. The molecule has 0 atom stereocenters. The molecule has 0 amide bonds. The average molecular weight is 609 g/mol. The van der Waals surface area contributed by atoms with Gasteiger partial charge in [0.1, 0.15) is 0 Å². The van der Waals surface area contributed by atoms with E-state index < -0.39 is 7.14 Å². The van der Waals surface area contributed by atoms with Crippen LogP contribution in [0.3, 0.4) is 0 Å². The van der Waals surface area contributed by atoms with E-state index in [0.717, 1.165) is 38.3 Å². The zero-order chi connectivity index (χ0) is 30.7. The van der Waals surface area contributed by atoms with Gasteiger partial charge in [-0.1, -0.05) is 127 Å². The second kappa shape index (κ2) is 10.5. The number of benzene rings is 7. The molecule has 0 aliphatic heterocycles. The van der Waals surface area contributed by atoms with Gasteiger partial charge in [-0.15, -0.1) is 0 Å². The molecule has 0 unspecified atom stereocenters. The van der Waals surface area contributed by atoms with Crippen molar-refractivity contribution in [3.8, 4) is 11.4 Å².